The summed E-state index contributed by atoms with van der Waals surface area (Å²) in [4.78, 5) is 10.1. The molecule has 0 aromatic rings. The van der Waals surface area contributed by atoms with Crippen LogP contribution in [0.1, 0.15) is 32.1 Å². The second kappa shape index (κ2) is 3.72. The van der Waals surface area contributed by atoms with Crippen LogP contribution in [-0.4, -0.2) is 23.8 Å². The number of hydrogen-bond acceptors (Lipinski definition) is 3. The molecular weight excluding hydrogens is 144 g/mol. The third-order valence-corrected chi connectivity index (χ3v) is 2.35. The Hall–Kier alpha value is -0.570. The topological polar surface area (TPSA) is 46.5 Å². The van der Waals surface area contributed by atoms with Crippen molar-refractivity contribution in [1.29, 1.82) is 0 Å². The third kappa shape index (κ3) is 1.93. The molecule has 1 aliphatic rings. The Morgan fingerprint density at radius 3 is 2.45 bits per heavy atom. The normalized spacial score (nSPS) is 22.6. The van der Waals surface area contributed by atoms with Gasteiger partial charge in [0.05, 0.1) is 6.61 Å². The van der Waals surface area contributed by atoms with Crippen molar-refractivity contribution < 1.29 is 14.6 Å². The van der Waals surface area contributed by atoms with Gasteiger partial charge in [0.2, 0.25) is 0 Å². The summed E-state index contributed by atoms with van der Waals surface area (Å²) < 4.78 is 4.89. The zero-order chi connectivity index (χ0) is 8.16. The minimum Gasteiger partial charge on any atom is -0.459 e. The van der Waals surface area contributed by atoms with E-state index in [1.54, 1.807) is 0 Å². The lowest BCUT2D eigenvalue weighted by Gasteiger charge is -2.33. The van der Waals surface area contributed by atoms with Gasteiger partial charge in [0, 0.05) is 0 Å². The van der Waals surface area contributed by atoms with Gasteiger partial charge in [-0.3, -0.25) is 4.79 Å². The molecule has 0 spiro atoms. The molecule has 0 saturated heterocycles. The number of aliphatic hydroxyl groups excluding tert-OH is 1. The second-order valence-corrected chi connectivity index (χ2v) is 3.12. The minimum atomic E-state index is -0.542. The molecule has 0 amide bonds. The predicted molar refractivity (Wildman–Crippen MR) is 40.1 cm³/mol. The molecule has 0 unspecified atom stereocenters. The number of aliphatic hydroxyl groups is 1. The van der Waals surface area contributed by atoms with Crippen LogP contribution in [0.3, 0.4) is 0 Å². The Balaban J connectivity index is 2.49. The molecule has 1 aliphatic carbocycles. The molecule has 0 atom stereocenters. The average Bonchev–Trinajstić information content (AvgIpc) is 2.07. The summed E-state index contributed by atoms with van der Waals surface area (Å²) in [6.45, 7) is 0.410. The molecule has 1 N–H and O–H groups in total. The van der Waals surface area contributed by atoms with Gasteiger partial charge in [0.15, 0.2) is 0 Å². The highest BCUT2D eigenvalue weighted by molar-refractivity contribution is 5.38. The largest absolute Gasteiger partial charge is 0.459 e. The molecule has 0 radical (unpaired) electrons. The summed E-state index contributed by atoms with van der Waals surface area (Å²) in [6.07, 6.45) is 4.90. The summed E-state index contributed by atoms with van der Waals surface area (Å²) in [5.74, 6) is 0. The van der Waals surface area contributed by atoms with Gasteiger partial charge in [-0.25, -0.2) is 0 Å². The van der Waals surface area contributed by atoms with Crippen LogP contribution in [0.5, 0.6) is 0 Å². The van der Waals surface area contributed by atoms with Crippen LogP contribution in [0, 0.1) is 0 Å². The molecule has 0 aliphatic heterocycles. The van der Waals surface area contributed by atoms with Gasteiger partial charge in [-0.15, -0.1) is 0 Å². The van der Waals surface area contributed by atoms with Crippen molar-refractivity contribution in [2.24, 2.45) is 0 Å². The highest BCUT2D eigenvalue weighted by Gasteiger charge is 2.32. The van der Waals surface area contributed by atoms with E-state index in [-0.39, 0.29) is 6.61 Å². The molecule has 0 heterocycles. The Bertz CT molecular complexity index is 127. The first kappa shape index (κ1) is 8.53. The molecule has 1 fully saturated rings. The van der Waals surface area contributed by atoms with Crippen molar-refractivity contribution >= 4 is 6.47 Å². The maximum absolute atomic E-state index is 10.1. The van der Waals surface area contributed by atoms with Crippen molar-refractivity contribution in [2.45, 2.75) is 37.7 Å². The van der Waals surface area contributed by atoms with E-state index in [1.807, 2.05) is 0 Å². The smallest absolute Gasteiger partial charge is 0.293 e. The predicted octanol–water partition coefficient (Wildman–Crippen LogP) is 0.855. The van der Waals surface area contributed by atoms with E-state index in [2.05, 4.69) is 0 Å². The average molecular weight is 158 g/mol. The first-order valence-electron chi connectivity index (χ1n) is 4.05. The molecule has 64 valence electrons. The molecular formula is C8H14O3. The van der Waals surface area contributed by atoms with Crippen molar-refractivity contribution in [3.05, 3.63) is 0 Å². The van der Waals surface area contributed by atoms with E-state index in [0.29, 0.717) is 6.47 Å². The van der Waals surface area contributed by atoms with Gasteiger partial charge < -0.3 is 9.84 Å². The molecule has 11 heavy (non-hydrogen) atoms. The van der Waals surface area contributed by atoms with Crippen molar-refractivity contribution in [3.8, 4) is 0 Å². The molecule has 0 aromatic heterocycles. The zero-order valence-corrected chi connectivity index (χ0v) is 6.58. The highest BCUT2D eigenvalue weighted by atomic mass is 16.5. The number of carbonyl (C=O) groups excluding carboxylic acids is 1. The van der Waals surface area contributed by atoms with Gasteiger partial charge in [-0.1, -0.05) is 6.42 Å². The van der Waals surface area contributed by atoms with E-state index in [9.17, 15) is 4.79 Å². The van der Waals surface area contributed by atoms with E-state index < -0.39 is 5.60 Å². The van der Waals surface area contributed by atoms with E-state index in [4.69, 9.17) is 9.84 Å². The fourth-order valence-corrected chi connectivity index (χ4v) is 1.61. The van der Waals surface area contributed by atoms with Gasteiger partial charge >= 0.3 is 0 Å². The maximum atomic E-state index is 10.1. The Labute approximate surface area is 66.4 Å². The SMILES string of the molecule is O=COC1(CO)CCCCC1. The van der Waals surface area contributed by atoms with Crippen LogP contribution < -0.4 is 0 Å². The lowest BCUT2D eigenvalue weighted by Crippen LogP contribution is -2.38. The Kier molecular flexibility index (Phi) is 2.88. The number of hydrogen-bond donors (Lipinski definition) is 1. The Morgan fingerprint density at radius 1 is 1.36 bits per heavy atom. The summed E-state index contributed by atoms with van der Waals surface area (Å²) >= 11 is 0. The molecule has 1 rings (SSSR count). The second-order valence-electron chi connectivity index (χ2n) is 3.12. The summed E-state index contributed by atoms with van der Waals surface area (Å²) in [5.41, 5.74) is -0.542. The lowest BCUT2D eigenvalue weighted by atomic mass is 9.85. The summed E-state index contributed by atoms with van der Waals surface area (Å²) in [7, 11) is 0. The summed E-state index contributed by atoms with van der Waals surface area (Å²) in [5, 5.41) is 8.99. The van der Waals surface area contributed by atoms with Gasteiger partial charge in [0.25, 0.3) is 6.47 Å². The van der Waals surface area contributed by atoms with Gasteiger partial charge in [0.1, 0.15) is 5.60 Å². The van der Waals surface area contributed by atoms with E-state index in [0.717, 1.165) is 25.7 Å². The third-order valence-electron chi connectivity index (χ3n) is 2.35. The standard InChI is InChI=1S/C8H14O3/c9-6-8(11-7-10)4-2-1-3-5-8/h7,9H,1-6H2. The van der Waals surface area contributed by atoms with Crippen LogP contribution in [-0.2, 0) is 9.53 Å². The van der Waals surface area contributed by atoms with Gasteiger partial charge in [-0.2, -0.15) is 0 Å². The maximum Gasteiger partial charge on any atom is 0.293 e. The first-order valence-corrected chi connectivity index (χ1v) is 4.05. The van der Waals surface area contributed by atoms with Crippen molar-refractivity contribution in [2.75, 3.05) is 6.61 Å². The quantitative estimate of drug-likeness (QED) is 0.619. The zero-order valence-electron chi connectivity index (χ0n) is 6.58. The number of rotatable bonds is 3. The molecule has 3 heteroatoms. The van der Waals surface area contributed by atoms with Crippen molar-refractivity contribution in [3.63, 3.8) is 0 Å². The molecule has 1 saturated carbocycles. The Morgan fingerprint density at radius 2 is 2.00 bits per heavy atom. The molecule has 0 aromatic carbocycles. The van der Waals surface area contributed by atoms with Crippen LogP contribution >= 0.6 is 0 Å². The van der Waals surface area contributed by atoms with Crippen LogP contribution in [0.25, 0.3) is 0 Å². The number of ether oxygens (including phenoxy) is 1. The number of carbonyl (C=O) groups is 1. The van der Waals surface area contributed by atoms with Crippen LogP contribution in [0.2, 0.25) is 0 Å². The minimum absolute atomic E-state index is 0.0360. The first-order chi connectivity index (χ1) is 5.33. The van der Waals surface area contributed by atoms with E-state index >= 15 is 0 Å². The van der Waals surface area contributed by atoms with Crippen LogP contribution in [0.4, 0.5) is 0 Å². The lowest BCUT2D eigenvalue weighted by molar-refractivity contribution is -0.152. The van der Waals surface area contributed by atoms with E-state index in [1.165, 1.54) is 6.42 Å². The van der Waals surface area contributed by atoms with Gasteiger partial charge in [-0.05, 0) is 25.7 Å². The molecule has 3 nitrogen and oxygen atoms in total. The monoisotopic (exact) mass is 158 g/mol. The highest BCUT2D eigenvalue weighted by Crippen LogP contribution is 2.30. The van der Waals surface area contributed by atoms with Crippen molar-refractivity contribution in [1.82, 2.24) is 0 Å². The molecule has 0 bridgehead atoms. The fraction of sp³-hybridized carbons (Fsp3) is 0.875. The fourth-order valence-electron chi connectivity index (χ4n) is 1.61. The summed E-state index contributed by atoms with van der Waals surface area (Å²) in [6, 6.07) is 0. The van der Waals surface area contributed by atoms with Crippen LogP contribution in [0.15, 0.2) is 0 Å².